The number of carbonyl (C=O) groups is 5. The third-order valence-corrected chi connectivity index (χ3v) is 13.5. The first kappa shape index (κ1) is 43.8. The normalized spacial score (nSPS) is 16.9. The Morgan fingerprint density at radius 3 is 1.78 bits per heavy atom. The molecule has 0 N–H and O–H groups in total. The second-order valence-corrected chi connectivity index (χ2v) is 20.2. The molecule has 18 heteroatoms. The molecule has 1 aromatic heterocycles. The molecule has 1 fully saturated rings. The van der Waals surface area contributed by atoms with Gasteiger partial charge in [-0.1, -0.05) is 20.8 Å². The Morgan fingerprint density at radius 1 is 0.824 bits per heavy atom. The van der Waals surface area contributed by atoms with Crippen LogP contribution >= 0.6 is 11.7 Å². The van der Waals surface area contributed by atoms with Gasteiger partial charge in [0.1, 0.15) is 6.61 Å². The van der Waals surface area contributed by atoms with Crippen molar-refractivity contribution in [2.24, 2.45) is 0 Å². The number of hydrogen-bond acceptors (Lipinski definition) is 16. The van der Waals surface area contributed by atoms with Crippen molar-refractivity contribution in [3.05, 3.63) is 0 Å². The van der Waals surface area contributed by atoms with Gasteiger partial charge in [0, 0.05) is 32.1 Å². The fourth-order valence-electron chi connectivity index (χ4n) is 4.50. The van der Waals surface area contributed by atoms with Crippen LogP contribution in [0, 0.1) is 0 Å². The molecule has 51 heavy (non-hydrogen) atoms. The third-order valence-electron chi connectivity index (χ3n) is 8.45. The summed E-state index contributed by atoms with van der Waals surface area (Å²) in [6, 6.07) is 0. The van der Waals surface area contributed by atoms with Crippen LogP contribution in [0.3, 0.4) is 0 Å². The predicted molar refractivity (Wildman–Crippen MR) is 190 cm³/mol. The molecule has 0 aromatic carbocycles. The summed E-state index contributed by atoms with van der Waals surface area (Å²) in [5, 5.41) is -0.143. The van der Waals surface area contributed by atoms with Crippen molar-refractivity contribution in [2.75, 3.05) is 44.4 Å². The lowest BCUT2D eigenvalue weighted by Gasteiger charge is -2.43. The van der Waals surface area contributed by atoms with Gasteiger partial charge >= 0.3 is 23.9 Å². The summed E-state index contributed by atoms with van der Waals surface area (Å²) in [4.78, 5) is 66.3. The number of morpholine rings is 1. The van der Waals surface area contributed by atoms with E-state index in [1.807, 2.05) is 20.8 Å². The van der Waals surface area contributed by atoms with E-state index in [1.54, 1.807) is 4.90 Å². The smallest absolute Gasteiger partial charge is 0.347 e. The summed E-state index contributed by atoms with van der Waals surface area (Å²) in [5.74, 6) is -3.15. The van der Waals surface area contributed by atoms with E-state index in [-0.39, 0.29) is 18.2 Å². The number of carbonyl (C=O) groups excluding carboxylic acids is 5. The highest BCUT2D eigenvalue weighted by molar-refractivity contribution is 6.99. The van der Waals surface area contributed by atoms with Crippen LogP contribution in [0.5, 0.6) is 5.88 Å². The first-order valence-corrected chi connectivity index (χ1v) is 20.6. The topological polar surface area (TPSA) is 182 Å². The van der Waals surface area contributed by atoms with Crippen molar-refractivity contribution in [3.8, 4) is 5.88 Å². The molecule has 0 bridgehead atoms. The zero-order valence-electron chi connectivity index (χ0n) is 32.2. The molecule has 0 unspecified atom stereocenters. The highest BCUT2D eigenvalue weighted by Crippen LogP contribution is 2.38. The van der Waals surface area contributed by atoms with E-state index in [1.165, 1.54) is 27.7 Å². The molecular formula is C33H56N4O12SSi. The molecule has 290 valence electrons. The number of ether oxygens (including phenoxy) is 6. The largest absolute Gasteiger partial charge is 0.472 e. The van der Waals surface area contributed by atoms with E-state index in [0.717, 1.165) is 18.7 Å². The molecule has 16 nitrogen and oxygen atoms in total. The van der Waals surface area contributed by atoms with Gasteiger partial charge in [-0.2, -0.15) is 4.37 Å². The summed E-state index contributed by atoms with van der Waals surface area (Å²) in [7, 11) is -2.38. The summed E-state index contributed by atoms with van der Waals surface area (Å²) < 4.78 is 47.7. The summed E-state index contributed by atoms with van der Waals surface area (Å²) >= 11 is 1.05. The van der Waals surface area contributed by atoms with Gasteiger partial charge in [-0.25, -0.2) is 14.4 Å². The van der Waals surface area contributed by atoms with Crippen LogP contribution in [0.15, 0.2) is 0 Å². The number of anilines is 1. The number of hydrogen-bond donors (Lipinski definition) is 0. The standard InChI is InChI=1S/C33H56N4O12SSi/c1-20(46-30(41)22(3)48-31(42)23(4)47-29(40)21(2)45-24(5)38)28(39)37(32(6,7)8)18-25(49-51(12,13)33(9,10)11)19-44-27-26(34-50-35-27)36-14-16-43-17-15-36/h20-23,25H,14-19H2,1-13H3/t20-,21-,22-,23-,25-/m0/s1. The Balaban J connectivity index is 2.17. The number of aromatic nitrogens is 2. The van der Waals surface area contributed by atoms with Gasteiger partial charge in [-0.05, 0) is 66.6 Å². The molecule has 2 heterocycles. The number of amides is 1. The number of rotatable bonds is 16. The minimum absolute atomic E-state index is 0.0820. The molecular weight excluding hydrogens is 705 g/mol. The summed E-state index contributed by atoms with van der Waals surface area (Å²) in [5.41, 5.74) is -0.728. The van der Waals surface area contributed by atoms with Gasteiger partial charge in [0.25, 0.3) is 11.8 Å². The molecule has 0 aliphatic carbocycles. The van der Waals surface area contributed by atoms with Crippen LogP contribution in [-0.4, -0.2) is 127 Å². The Morgan fingerprint density at radius 2 is 1.31 bits per heavy atom. The minimum atomic E-state index is -2.38. The molecule has 1 saturated heterocycles. The van der Waals surface area contributed by atoms with Crippen LogP contribution in [0.25, 0.3) is 0 Å². The quantitative estimate of drug-likeness (QED) is 0.135. The van der Waals surface area contributed by atoms with Crippen molar-refractivity contribution in [3.63, 3.8) is 0 Å². The van der Waals surface area contributed by atoms with E-state index in [2.05, 4.69) is 47.5 Å². The average Bonchev–Trinajstić information content (AvgIpc) is 3.49. The van der Waals surface area contributed by atoms with Crippen LogP contribution in [0.2, 0.25) is 18.1 Å². The van der Waals surface area contributed by atoms with Gasteiger partial charge < -0.3 is 42.6 Å². The molecule has 1 amide bonds. The van der Waals surface area contributed by atoms with Crippen molar-refractivity contribution in [1.82, 2.24) is 13.6 Å². The second kappa shape index (κ2) is 18.4. The lowest BCUT2D eigenvalue weighted by Crippen LogP contribution is -2.56. The fourth-order valence-corrected chi connectivity index (χ4v) is 6.35. The lowest BCUT2D eigenvalue weighted by molar-refractivity contribution is -0.184. The van der Waals surface area contributed by atoms with Crippen molar-refractivity contribution in [1.29, 1.82) is 0 Å². The molecule has 0 radical (unpaired) electrons. The maximum Gasteiger partial charge on any atom is 0.347 e. The molecule has 1 aromatic rings. The molecule has 0 saturated carbocycles. The highest BCUT2D eigenvalue weighted by atomic mass is 32.1. The first-order valence-electron chi connectivity index (χ1n) is 17.0. The van der Waals surface area contributed by atoms with Gasteiger partial charge in [-0.3, -0.25) is 9.59 Å². The van der Waals surface area contributed by atoms with Crippen LogP contribution in [0.4, 0.5) is 5.82 Å². The van der Waals surface area contributed by atoms with Gasteiger partial charge in [0.15, 0.2) is 32.7 Å². The molecule has 1 aliphatic heterocycles. The number of nitrogens with zero attached hydrogens (tertiary/aromatic N) is 4. The Labute approximate surface area is 306 Å². The summed E-state index contributed by atoms with van der Waals surface area (Å²) in [6.45, 7) is 25.2. The third kappa shape index (κ3) is 13.3. The maximum atomic E-state index is 14.0. The minimum Gasteiger partial charge on any atom is -0.472 e. The van der Waals surface area contributed by atoms with Crippen molar-refractivity contribution in [2.45, 2.75) is 130 Å². The molecule has 5 atom stereocenters. The van der Waals surface area contributed by atoms with Gasteiger partial charge in [-0.15, -0.1) is 4.37 Å². The van der Waals surface area contributed by atoms with Gasteiger partial charge in [0.2, 0.25) is 5.82 Å². The lowest BCUT2D eigenvalue weighted by atomic mass is 10.0. The van der Waals surface area contributed by atoms with E-state index in [4.69, 9.17) is 32.8 Å². The van der Waals surface area contributed by atoms with Gasteiger partial charge in [0.05, 0.1) is 31.0 Å². The van der Waals surface area contributed by atoms with Crippen molar-refractivity contribution < 1.29 is 56.8 Å². The van der Waals surface area contributed by atoms with Crippen LogP contribution < -0.4 is 9.64 Å². The van der Waals surface area contributed by atoms with E-state index < -0.39 is 74.2 Å². The first-order chi connectivity index (χ1) is 23.4. The fraction of sp³-hybridized carbons (Fsp3) is 0.788. The Bertz CT molecular complexity index is 1360. The van der Waals surface area contributed by atoms with E-state index in [0.29, 0.717) is 38.0 Å². The Hall–Kier alpha value is -3.35. The zero-order valence-corrected chi connectivity index (χ0v) is 34.0. The van der Waals surface area contributed by atoms with E-state index in [9.17, 15) is 24.0 Å². The highest BCUT2D eigenvalue weighted by Gasteiger charge is 2.42. The van der Waals surface area contributed by atoms with Crippen molar-refractivity contribution >= 4 is 55.6 Å². The SMILES string of the molecule is CC(=O)O[C@@H](C)C(=O)O[C@@H](C)C(=O)O[C@@H](C)C(=O)O[C@@H](C)C(=O)N(C[C@@H](COc1nsnc1N1CCOCC1)O[Si](C)(C)C(C)(C)C)C(C)(C)C. The van der Waals surface area contributed by atoms with Crippen LogP contribution in [-0.2, 0) is 52.1 Å². The second-order valence-electron chi connectivity index (χ2n) is 14.9. The summed E-state index contributed by atoms with van der Waals surface area (Å²) in [6.07, 6.45) is -5.93. The molecule has 2 rings (SSSR count). The maximum absolute atomic E-state index is 14.0. The monoisotopic (exact) mass is 760 g/mol. The predicted octanol–water partition coefficient (Wildman–Crippen LogP) is 3.52. The zero-order chi connectivity index (χ0) is 38.9. The van der Waals surface area contributed by atoms with Crippen LogP contribution in [0.1, 0.15) is 76.2 Å². The molecule has 0 spiro atoms. The Kier molecular flexibility index (Phi) is 15.8. The molecule has 1 aliphatic rings. The average molecular weight is 761 g/mol. The van der Waals surface area contributed by atoms with E-state index >= 15 is 0 Å². The number of esters is 4.